The lowest BCUT2D eigenvalue weighted by atomic mass is 10.1. The van der Waals surface area contributed by atoms with E-state index in [1.807, 2.05) is 17.9 Å². The molecule has 3 aromatic rings. The van der Waals surface area contributed by atoms with Crippen molar-refractivity contribution in [1.29, 1.82) is 0 Å². The molecular formula is C21H19F3N4O. The number of aryl methyl sites for hydroxylation is 1. The minimum atomic E-state index is -4.39. The number of aromatic nitrogens is 3. The summed E-state index contributed by atoms with van der Waals surface area (Å²) in [5, 5.41) is 9.88. The highest BCUT2D eigenvalue weighted by atomic mass is 19.4. The first-order valence-electron chi connectivity index (χ1n) is 9.23. The average Bonchev–Trinajstić information content (AvgIpc) is 3.14. The Bertz CT molecular complexity index is 1020. The van der Waals surface area contributed by atoms with Gasteiger partial charge in [-0.05, 0) is 37.6 Å². The largest absolute Gasteiger partial charge is 0.416 e. The van der Waals surface area contributed by atoms with Gasteiger partial charge in [0.2, 0.25) is 0 Å². The van der Waals surface area contributed by atoms with Crippen LogP contribution in [0.5, 0.6) is 0 Å². The molecule has 1 N–H and O–H groups in total. The predicted octanol–water partition coefficient (Wildman–Crippen LogP) is 4.10. The molecule has 3 heterocycles. The van der Waals surface area contributed by atoms with Crippen LogP contribution in [0.1, 0.15) is 17.7 Å². The van der Waals surface area contributed by atoms with Crippen LogP contribution in [0.25, 0.3) is 22.6 Å². The molecule has 1 fully saturated rings. The summed E-state index contributed by atoms with van der Waals surface area (Å²) in [7, 11) is 0. The monoisotopic (exact) mass is 400 g/mol. The van der Waals surface area contributed by atoms with Crippen molar-refractivity contribution >= 4 is 5.82 Å². The van der Waals surface area contributed by atoms with Crippen LogP contribution in [0, 0.1) is 6.92 Å². The molecule has 0 saturated carbocycles. The van der Waals surface area contributed by atoms with Gasteiger partial charge in [0.05, 0.1) is 17.4 Å². The second-order valence-corrected chi connectivity index (χ2v) is 7.03. The lowest BCUT2D eigenvalue weighted by molar-refractivity contribution is -0.137. The Morgan fingerprint density at radius 2 is 1.86 bits per heavy atom. The van der Waals surface area contributed by atoms with Crippen molar-refractivity contribution in [2.45, 2.75) is 25.6 Å². The number of nitrogens with zero attached hydrogens (tertiary/aromatic N) is 4. The smallest absolute Gasteiger partial charge is 0.391 e. The van der Waals surface area contributed by atoms with Crippen LogP contribution in [0.15, 0.2) is 48.7 Å². The molecule has 1 atom stereocenters. The summed E-state index contributed by atoms with van der Waals surface area (Å²) in [5.41, 5.74) is 1.88. The molecule has 1 aliphatic rings. The molecule has 1 saturated heterocycles. The Hall–Kier alpha value is -3.00. The molecule has 4 rings (SSSR count). The van der Waals surface area contributed by atoms with E-state index in [1.165, 1.54) is 12.1 Å². The number of anilines is 1. The Balaban J connectivity index is 1.80. The normalized spacial score (nSPS) is 17.0. The maximum absolute atomic E-state index is 12.9. The lowest BCUT2D eigenvalue weighted by Crippen LogP contribution is -2.22. The van der Waals surface area contributed by atoms with Gasteiger partial charge in [-0.1, -0.05) is 12.1 Å². The van der Waals surface area contributed by atoms with Crippen LogP contribution in [-0.4, -0.2) is 39.3 Å². The fraction of sp³-hybridized carbons (Fsp3) is 0.286. The lowest BCUT2D eigenvalue weighted by Gasteiger charge is -2.19. The molecule has 0 spiro atoms. The molecule has 5 nitrogen and oxygen atoms in total. The fourth-order valence-corrected chi connectivity index (χ4v) is 3.37. The highest BCUT2D eigenvalue weighted by Gasteiger charge is 2.30. The van der Waals surface area contributed by atoms with E-state index in [2.05, 4.69) is 15.0 Å². The second-order valence-electron chi connectivity index (χ2n) is 7.03. The standard InChI is InChI=1S/C21H19F3N4O/c1-13-17(3-2-9-25-13)20-26-18(11-19(27-20)28-10-8-16(29)12-28)14-4-6-15(7-5-14)21(22,23)24/h2-7,9,11,16,29H,8,10,12H2,1H3/t16-/m0/s1. The van der Waals surface area contributed by atoms with Gasteiger partial charge >= 0.3 is 6.18 Å². The number of aliphatic hydroxyl groups is 1. The molecule has 29 heavy (non-hydrogen) atoms. The van der Waals surface area contributed by atoms with Crippen LogP contribution >= 0.6 is 0 Å². The van der Waals surface area contributed by atoms with E-state index in [0.717, 1.165) is 23.4 Å². The van der Waals surface area contributed by atoms with Crippen LogP contribution in [0.4, 0.5) is 19.0 Å². The Morgan fingerprint density at radius 3 is 2.48 bits per heavy atom. The fourth-order valence-electron chi connectivity index (χ4n) is 3.37. The summed E-state index contributed by atoms with van der Waals surface area (Å²) in [6.45, 7) is 2.95. The topological polar surface area (TPSA) is 62.1 Å². The Kier molecular flexibility index (Phi) is 4.96. The molecular weight excluding hydrogens is 381 g/mol. The quantitative estimate of drug-likeness (QED) is 0.717. The first-order chi connectivity index (χ1) is 13.8. The summed E-state index contributed by atoms with van der Waals surface area (Å²) < 4.78 is 38.7. The minimum Gasteiger partial charge on any atom is -0.391 e. The molecule has 8 heteroatoms. The van der Waals surface area contributed by atoms with Gasteiger partial charge in [-0.3, -0.25) is 4.98 Å². The molecule has 0 amide bonds. The van der Waals surface area contributed by atoms with Crippen molar-refractivity contribution in [3.8, 4) is 22.6 Å². The van der Waals surface area contributed by atoms with Gasteiger partial charge in [0.1, 0.15) is 5.82 Å². The third-order valence-corrected chi connectivity index (χ3v) is 4.96. The third-order valence-electron chi connectivity index (χ3n) is 4.96. The summed E-state index contributed by atoms with van der Waals surface area (Å²) >= 11 is 0. The zero-order valence-electron chi connectivity index (χ0n) is 15.7. The van der Waals surface area contributed by atoms with Gasteiger partial charge in [-0.2, -0.15) is 13.2 Å². The molecule has 2 aromatic heterocycles. The van der Waals surface area contributed by atoms with Crippen LogP contribution in [0.2, 0.25) is 0 Å². The average molecular weight is 400 g/mol. The second kappa shape index (κ2) is 7.44. The van der Waals surface area contributed by atoms with Crippen LogP contribution in [-0.2, 0) is 6.18 Å². The SMILES string of the molecule is Cc1ncccc1-c1nc(-c2ccc(C(F)(F)F)cc2)cc(N2CC[C@H](O)C2)n1. The predicted molar refractivity (Wildman–Crippen MR) is 103 cm³/mol. The summed E-state index contributed by atoms with van der Waals surface area (Å²) in [5.74, 6) is 1.08. The number of halogens is 3. The van der Waals surface area contributed by atoms with Gasteiger partial charge in [0.25, 0.3) is 0 Å². The maximum atomic E-state index is 12.9. The molecule has 0 radical (unpaired) electrons. The number of aliphatic hydroxyl groups excluding tert-OH is 1. The van der Waals surface area contributed by atoms with E-state index in [0.29, 0.717) is 42.4 Å². The highest BCUT2D eigenvalue weighted by Crippen LogP contribution is 2.32. The molecule has 0 bridgehead atoms. The molecule has 0 aliphatic carbocycles. The van der Waals surface area contributed by atoms with Crippen LogP contribution in [0.3, 0.4) is 0 Å². The van der Waals surface area contributed by atoms with Crippen LogP contribution < -0.4 is 4.90 Å². The van der Waals surface area contributed by atoms with E-state index in [1.54, 1.807) is 18.3 Å². The zero-order chi connectivity index (χ0) is 20.6. The van der Waals surface area contributed by atoms with E-state index < -0.39 is 17.8 Å². The summed E-state index contributed by atoms with van der Waals surface area (Å²) in [6, 6.07) is 10.3. The molecule has 150 valence electrons. The van der Waals surface area contributed by atoms with Crippen molar-refractivity contribution in [2.75, 3.05) is 18.0 Å². The summed E-state index contributed by atoms with van der Waals surface area (Å²) in [6.07, 6.45) is -2.50. The van der Waals surface area contributed by atoms with E-state index in [9.17, 15) is 18.3 Å². The molecule has 1 aliphatic heterocycles. The number of β-amino-alcohol motifs (C(OH)–C–C–N with tert-alkyl or cyclic N) is 1. The number of rotatable bonds is 3. The Labute approximate surface area is 165 Å². The van der Waals surface area contributed by atoms with Crippen molar-refractivity contribution in [1.82, 2.24) is 15.0 Å². The van der Waals surface area contributed by atoms with Gasteiger partial charge in [-0.15, -0.1) is 0 Å². The third kappa shape index (κ3) is 4.07. The zero-order valence-corrected chi connectivity index (χ0v) is 15.7. The van der Waals surface area contributed by atoms with Crippen molar-refractivity contribution < 1.29 is 18.3 Å². The van der Waals surface area contributed by atoms with E-state index in [-0.39, 0.29) is 0 Å². The maximum Gasteiger partial charge on any atom is 0.416 e. The van der Waals surface area contributed by atoms with Crippen molar-refractivity contribution in [3.63, 3.8) is 0 Å². The van der Waals surface area contributed by atoms with Gasteiger partial charge in [0.15, 0.2) is 5.82 Å². The minimum absolute atomic E-state index is 0.428. The number of benzene rings is 1. The number of alkyl halides is 3. The first-order valence-corrected chi connectivity index (χ1v) is 9.23. The first kappa shape index (κ1) is 19.3. The highest BCUT2D eigenvalue weighted by molar-refractivity contribution is 5.69. The molecule has 1 aromatic carbocycles. The van der Waals surface area contributed by atoms with Gasteiger partial charge < -0.3 is 10.0 Å². The summed E-state index contributed by atoms with van der Waals surface area (Å²) in [4.78, 5) is 15.5. The number of hydrogen-bond acceptors (Lipinski definition) is 5. The van der Waals surface area contributed by atoms with Gasteiger partial charge in [-0.25, -0.2) is 9.97 Å². The van der Waals surface area contributed by atoms with E-state index in [4.69, 9.17) is 0 Å². The van der Waals surface area contributed by atoms with Crippen molar-refractivity contribution in [2.24, 2.45) is 0 Å². The van der Waals surface area contributed by atoms with Gasteiger partial charge in [0, 0.05) is 42.2 Å². The Morgan fingerprint density at radius 1 is 1.10 bits per heavy atom. The number of hydrogen-bond donors (Lipinski definition) is 1. The van der Waals surface area contributed by atoms with E-state index >= 15 is 0 Å². The van der Waals surface area contributed by atoms with Crippen molar-refractivity contribution in [3.05, 3.63) is 59.9 Å². The molecule has 0 unspecified atom stereocenters. The number of pyridine rings is 1.